The van der Waals surface area contributed by atoms with Gasteiger partial charge in [-0.05, 0) is 43.7 Å². The van der Waals surface area contributed by atoms with Gasteiger partial charge in [0.05, 0.1) is 5.69 Å². The van der Waals surface area contributed by atoms with Crippen LogP contribution in [0.25, 0.3) is 0 Å². The molecule has 0 aliphatic heterocycles. The van der Waals surface area contributed by atoms with Crippen molar-refractivity contribution in [2.75, 3.05) is 11.1 Å². The minimum atomic E-state index is 0.552. The number of hydrogen-bond acceptors (Lipinski definition) is 3. The molecule has 1 saturated carbocycles. The molecule has 2 rings (SSSR count). The lowest BCUT2D eigenvalue weighted by atomic mass is 10.1. The molecule has 0 bridgehead atoms. The van der Waals surface area contributed by atoms with E-state index in [1.165, 1.54) is 19.3 Å². The van der Waals surface area contributed by atoms with Gasteiger partial charge in [0.1, 0.15) is 5.82 Å². The molecule has 1 aromatic rings. The molecule has 0 spiro atoms. The highest BCUT2D eigenvalue weighted by molar-refractivity contribution is 5.65. The van der Waals surface area contributed by atoms with Crippen LogP contribution in [0, 0.1) is 12.8 Å². The lowest BCUT2D eigenvalue weighted by molar-refractivity contribution is 0.602. The fourth-order valence-electron chi connectivity index (χ4n) is 2.22. The zero-order valence-corrected chi connectivity index (χ0v) is 9.46. The summed E-state index contributed by atoms with van der Waals surface area (Å²) in [5.74, 6) is 1.68. The van der Waals surface area contributed by atoms with Crippen molar-refractivity contribution in [1.82, 2.24) is 4.98 Å². The highest BCUT2D eigenvalue weighted by Crippen LogP contribution is 2.29. The van der Waals surface area contributed by atoms with E-state index in [-0.39, 0.29) is 0 Å². The van der Waals surface area contributed by atoms with Crippen molar-refractivity contribution < 1.29 is 0 Å². The first kappa shape index (κ1) is 10.3. The van der Waals surface area contributed by atoms with Crippen molar-refractivity contribution >= 4 is 11.5 Å². The molecule has 0 amide bonds. The van der Waals surface area contributed by atoms with Gasteiger partial charge in [-0.1, -0.05) is 6.92 Å². The smallest absolute Gasteiger partial charge is 0.149 e. The predicted molar refractivity (Wildman–Crippen MR) is 63.8 cm³/mol. The number of aromatic nitrogens is 1. The van der Waals surface area contributed by atoms with Crippen LogP contribution in [0.15, 0.2) is 12.3 Å². The molecule has 1 fully saturated rings. The summed E-state index contributed by atoms with van der Waals surface area (Å²) in [6.07, 6.45) is 5.58. The van der Waals surface area contributed by atoms with Crippen molar-refractivity contribution in [1.29, 1.82) is 0 Å². The molecular weight excluding hydrogens is 186 g/mol. The zero-order chi connectivity index (χ0) is 10.8. The summed E-state index contributed by atoms with van der Waals surface area (Å²) in [6, 6.07) is 2.49. The van der Waals surface area contributed by atoms with Crippen LogP contribution in [-0.4, -0.2) is 11.0 Å². The predicted octanol–water partition coefficient (Wildman–Crippen LogP) is 2.57. The normalized spacial score (nSPS) is 25.5. The van der Waals surface area contributed by atoms with Crippen LogP contribution in [-0.2, 0) is 0 Å². The van der Waals surface area contributed by atoms with Gasteiger partial charge in [0.2, 0.25) is 0 Å². The average Bonchev–Trinajstić information content (AvgIpc) is 2.59. The van der Waals surface area contributed by atoms with Crippen LogP contribution in [0.2, 0.25) is 0 Å². The van der Waals surface area contributed by atoms with Gasteiger partial charge in [0, 0.05) is 12.2 Å². The Balaban J connectivity index is 2.07. The molecular formula is C12H19N3. The number of hydrogen-bond donors (Lipinski definition) is 2. The molecule has 15 heavy (non-hydrogen) atoms. The molecule has 1 aliphatic rings. The Morgan fingerprint density at radius 1 is 1.47 bits per heavy atom. The van der Waals surface area contributed by atoms with Gasteiger partial charge < -0.3 is 11.1 Å². The Morgan fingerprint density at radius 3 is 2.93 bits per heavy atom. The Kier molecular flexibility index (Phi) is 2.80. The van der Waals surface area contributed by atoms with Gasteiger partial charge in [-0.25, -0.2) is 4.98 Å². The first-order valence-corrected chi connectivity index (χ1v) is 5.64. The summed E-state index contributed by atoms with van der Waals surface area (Å²) in [4.78, 5) is 4.29. The highest BCUT2D eigenvalue weighted by atomic mass is 15.0. The van der Waals surface area contributed by atoms with E-state index in [2.05, 4.69) is 17.2 Å². The zero-order valence-electron chi connectivity index (χ0n) is 9.46. The standard InChI is InChI=1S/C12H19N3/c1-8-3-4-10(7-8)15-12-11(13)9(2)5-6-14-12/h5-6,8,10H,3-4,7,13H2,1-2H3,(H,14,15). The second kappa shape index (κ2) is 4.09. The van der Waals surface area contributed by atoms with Crippen molar-refractivity contribution in [2.24, 2.45) is 5.92 Å². The third-order valence-corrected chi connectivity index (χ3v) is 3.24. The van der Waals surface area contributed by atoms with Crippen molar-refractivity contribution in [2.45, 2.75) is 39.2 Å². The van der Waals surface area contributed by atoms with Crippen LogP contribution in [0.3, 0.4) is 0 Å². The minimum absolute atomic E-state index is 0.552. The third-order valence-electron chi connectivity index (χ3n) is 3.24. The Bertz CT molecular complexity index is 349. The Labute approximate surface area is 91.1 Å². The van der Waals surface area contributed by atoms with E-state index in [1.807, 2.05) is 19.2 Å². The SMILES string of the molecule is Cc1ccnc(NC2CCC(C)C2)c1N. The molecule has 2 atom stereocenters. The van der Waals surface area contributed by atoms with E-state index >= 15 is 0 Å². The fourth-order valence-corrected chi connectivity index (χ4v) is 2.22. The fraction of sp³-hybridized carbons (Fsp3) is 0.583. The van der Waals surface area contributed by atoms with E-state index in [4.69, 9.17) is 5.73 Å². The summed E-state index contributed by atoms with van der Waals surface area (Å²) in [5.41, 5.74) is 7.86. The minimum Gasteiger partial charge on any atom is -0.396 e. The quantitative estimate of drug-likeness (QED) is 0.780. The van der Waals surface area contributed by atoms with E-state index < -0.39 is 0 Å². The molecule has 1 aliphatic carbocycles. The van der Waals surface area contributed by atoms with Crippen LogP contribution < -0.4 is 11.1 Å². The first-order valence-electron chi connectivity index (χ1n) is 5.64. The van der Waals surface area contributed by atoms with Crippen LogP contribution in [0.1, 0.15) is 31.7 Å². The van der Waals surface area contributed by atoms with Gasteiger partial charge in [-0.2, -0.15) is 0 Å². The van der Waals surface area contributed by atoms with E-state index in [9.17, 15) is 0 Å². The maximum absolute atomic E-state index is 5.97. The number of nitrogens with two attached hydrogens (primary N) is 1. The molecule has 1 aromatic heterocycles. The van der Waals surface area contributed by atoms with Crippen LogP contribution in [0.4, 0.5) is 11.5 Å². The number of nitrogens with one attached hydrogen (secondary N) is 1. The van der Waals surface area contributed by atoms with Gasteiger partial charge >= 0.3 is 0 Å². The number of nitrogen functional groups attached to an aromatic ring is 1. The molecule has 1 heterocycles. The van der Waals surface area contributed by atoms with E-state index in [0.717, 1.165) is 23.0 Å². The molecule has 0 aromatic carbocycles. The van der Waals surface area contributed by atoms with Gasteiger partial charge in [0.25, 0.3) is 0 Å². The average molecular weight is 205 g/mol. The second-order valence-corrected chi connectivity index (χ2v) is 4.65. The maximum atomic E-state index is 5.97. The second-order valence-electron chi connectivity index (χ2n) is 4.65. The van der Waals surface area contributed by atoms with Gasteiger partial charge in [-0.3, -0.25) is 0 Å². The Morgan fingerprint density at radius 2 is 2.27 bits per heavy atom. The van der Waals surface area contributed by atoms with Crippen molar-refractivity contribution in [3.8, 4) is 0 Å². The van der Waals surface area contributed by atoms with E-state index in [0.29, 0.717) is 6.04 Å². The molecule has 0 radical (unpaired) electrons. The molecule has 3 N–H and O–H groups in total. The molecule has 2 unspecified atom stereocenters. The number of anilines is 2. The molecule has 3 heteroatoms. The summed E-state index contributed by atoms with van der Waals surface area (Å²) in [5, 5.41) is 3.44. The van der Waals surface area contributed by atoms with E-state index in [1.54, 1.807) is 0 Å². The van der Waals surface area contributed by atoms with Crippen molar-refractivity contribution in [3.05, 3.63) is 17.8 Å². The summed E-state index contributed by atoms with van der Waals surface area (Å²) < 4.78 is 0. The Hall–Kier alpha value is -1.25. The number of rotatable bonds is 2. The summed E-state index contributed by atoms with van der Waals surface area (Å²) >= 11 is 0. The number of aryl methyl sites for hydroxylation is 1. The lowest BCUT2D eigenvalue weighted by Crippen LogP contribution is -2.17. The third kappa shape index (κ3) is 2.22. The molecule has 0 saturated heterocycles. The largest absolute Gasteiger partial charge is 0.396 e. The molecule has 3 nitrogen and oxygen atoms in total. The summed E-state index contributed by atoms with van der Waals surface area (Å²) in [6.45, 7) is 4.31. The maximum Gasteiger partial charge on any atom is 0.149 e. The van der Waals surface area contributed by atoms with Gasteiger partial charge in [0.15, 0.2) is 0 Å². The topological polar surface area (TPSA) is 50.9 Å². The monoisotopic (exact) mass is 205 g/mol. The van der Waals surface area contributed by atoms with Gasteiger partial charge in [-0.15, -0.1) is 0 Å². The summed E-state index contributed by atoms with van der Waals surface area (Å²) in [7, 11) is 0. The van der Waals surface area contributed by atoms with Crippen LogP contribution >= 0.6 is 0 Å². The number of nitrogens with zero attached hydrogens (tertiary/aromatic N) is 1. The highest BCUT2D eigenvalue weighted by Gasteiger charge is 2.21. The molecule has 82 valence electrons. The van der Waals surface area contributed by atoms with Crippen molar-refractivity contribution in [3.63, 3.8) is 0 Å². The lowest BCUT2D eigenvalue weighted by Gasteiger charge is -2.15. The number of pyridine rings is 1. The first-order chi connectivity index (χ1) is 7.16. The van der Waals surface area contributed by atoms with Crippen LogP contribution in [0.5, 0.6) is 0 Å².